The monoisotopic (exact) mass is 377 g/mol. The lowest BCUT2D eigenvalue weighted by atomic mass is 10.1. The maximum Gasteiger partial charge on any atom is 0.232 e. The summed E-state index contributed by atoms with van der Waals surface area (Å²) in [5.74, 6) is 0.857. The number of likely N-dealkylation sites (N-methyl/N-ethyl adjacent to an activating group) is 1. The highest BCUT2D eigenvalue weighted by Crippen LogP contribution is 2.26. The van der Waals surface area contributed by atoms with Crippen molar-refractivity contribution in [2.45, 2.75) is 6.42 Å². The van der Waals surface area contributed by atoms with Crippen LogP contribution in [0.3, 0.4) is 0 Å². The molecule has 2 aromatic carbocycles. The third-order valence-corrected chi connectivity index (χ3v) is 5.41. The van der Waals surface area contributed by atoms with Crippen molar-refractivity contribution in [3.63, 3.8) is 0 Å². The van der Waals surface area contributed by atoms with Gasteiger partial charge in [0.1, 0.15) is 5.75 Å². The van der Waals surface area contributed by atoms with Gasteiger partial charge in [-0.1, -0.05) is 18.2 Å². The van der Waals surface area contributed by atoms with Crippen molar-refractivity contribution in [3.8, 4) is 17.0 Å². The molecule has 4 aromatic rings. The van der Waals surface area contributed by atoms with Crippen LogP contribution in [0.1, 0.15) is 5.69 Å². The quantitative estimate of drug-likeness (QED) is 0.522. The number of carbonyl (C=O) groups excluding carboxylic acids is 1. The number of aromatic nitrogens is 2. The van der Waals surface area contributed by atoms with E-state index in [-0.39, 0.29) is 5.91 Å². The van der Waals surface area contributed by atoms with Crippen molar-refractivity contribution >= 4 is 27.9 Å². The lowest BCUT2D eigenvalue weighted by molar-refractivity contribution is -0.117. The summed E-state index contributed by atoms with van der Waals surface area (Å²) in [6.07, 6.45) is 2.31. The third kappa shape index (κ3) is 3.44. The molecule has 0 spiro atoms. The van der Waals surface area contributed by atoms with Crippen molar-refractivity contribution in [2.75, 3.05) is 19.1 Å². The van der Waals surface area contributed by atoms with Crippen LogP contribution in [-0.4, -0.2) is 29.4 Å². The van der Waals surface area contributed by atoms with Gasteiger partial charge in [0.05, 0.1) is 19.2 Å². The maximum absolute atomic E-state index is 12.7. The number of imidazole rings is 1. The van der Waals surface area contributed by atoms with Gasteiger partial charge in [-0.05, 0) is 36.4 Å². The Morgan fingerprint density at radius 3 is 2.59 bits per heavy atom. The van der Waals surface area contributed by atoms with Gasteiger partial charge in [-0.15, -0.1) is 11.3 Å². The molecule has 0 aliphatic carbocycles. The van der Waals surface area contributed by atoms with E-state index in [1.54, 1.807) is 30.4 Å². The van der Waals surface area contributed by atoms with Gasteiger partial charge in [0, 0.05) is 35.6 Å². The van der Waals surface area contributed by atoms with Crippen LogP contribution in [0.25, 0.3) is 16.2 Å². The summed E-state index contributed by atoms with van der Waals surface area (Å²) in [5.41, 5.74) is 3.73. The molecule has 1 amide bonds. The zero-order valence-electron chi connectivity index (χ0n) is 15.1. The molecule has 0 unspecified atom stereocenters. The number of ether oxygens (including phenoxy) is 1. The van der Waals surface area contributed by atoms with E-state index in [1.807, 2.05) is 70.6 Å². The molecule has 0 fully saturated rings. The fourth-order valence-corrected chi connectivity index (χ4v) is 3.80. The van der Waals surface area contributed by atoms with Gasteiger partial charge >= 0.3 is 0 Å². The summed E-state index contributed by atoms with van der Waals surface area (Å²) in [5, 5.41) is 2.00. The largest absolute Gasteiger partial charge is 0.497 e. The number of carbonyl (C=O) groups is 1. The van der Waals surface area contributed by atoms with Crippen LogP contribution < -0.4 is 9.64 Å². The fraction of sp³-hybridized carbons (Fsp3) is 0.143. The first kappa shape index (κ1) is 17.3. The lowest BCUT2D eigenvalue weighted by Gasteiger charge is -2.16. The number of hydrogen-bond donors (Lipinski definition) is 0. The second-order valence-corrected chi connectivity index (χ2v) is 7.04. The molecule has 0 aliphatic rings. The van der Waals surface area contributed by atoms with E-state index in [0.717, 1.165) is 33.3 Å². The van der Waals surface area contributed by atoms with E-state index in [1.165, 1.54) is 0 Å². The molecule has 2 aromatic heterocycles. The van der Waals surface area contributed by atoms with Crippen LogP contribution in [0.2, 0.25) is 0 Å². The second-order valence-electron chi connectivity index (χ2n) is 6.20. The summed E-state index contributed by atoms with van der Waals surface area (Å²) >= 11 is 1.54. The molecular formula is C21H19N3O2S. The van der Waals surface area contributed by atoms with E-state index in [2.05, 4.69) is 4.98 Å². The minimum atomic E-state index is 0.0422. The summed E-state index contributed by atoms with van der Waals surface area (Å²) < 4.78 is 7.21. The molecule has 0 saturated heterocycles. The number of hydrogen-bond acceptors (Lipinski definition) is 4. The molecule has 136 valence electrons. The van der Waals surface area contributed by atoms with Gasteiger partial charge in [-0.2, -0.15) is 0 Å². The number of rotatable bonds is 5. The molecule has 6 heteroatoms. The topological polar surface area (TPSA) is 46.8 Å². The van der Waals surface area contributed by atoms with Crippen LogP contribution in [0.4, 0.5) is 5.69 Å². The Bertz CT molecular complexity index is 1070. The minimum absolute atomic E-state index is 0.0422. The number of para-hydroxylation sites is 1. The first-order valence-electron chi connectivity index (χ1n) is 8.57. The Morgan fingerprint density at radius 2 is 1.89 bits per heavy atom. The highest BCUT2D eigenvalue weighted by molar-refractivity contribution is 7.15. The van der Waals surface area contributed by atoms with Crippen LogP contribution in [0.15, 0.2) is 66.2 Å². The van der Waals surface area contributed by atoms with Crippen LogP contribution >= 0.6 is 11.3 Å². The number of methoxy groups -OCH3 is 1. The Hall–Kier alpha value is -3.12. The van der Waals surface area contributed by atoms with E-state index >= 15 is 0 Å². The predicted molar refractivity (Wildman–Crippen MR) is 109 cm³/mol. The normalized spacial score (nSPS) is 10.9. The molecular weight excluding hydrogens is 358 g/mol. The number of anilines is 1. The standard InChI is InChI=1S/C21H19N3O2S/c1-23(16-6-4-3-5-7-16)20(25)12-17-14-27-21-22-19(13-24(17)21)15-8-10-18(26-2)11-9-15/h3-11,13-14H,12H2,1-2H3. The van der Waals surface area contributed by atoms with E-state index in [9.17, 15) is 4.79 Å². The first-order chi connectivity index (χ1) is 13.2. The number of benzene rings is 2. The van der Waals surface area contributed by atoms with Gasteiger partial charge in [0.25, 0.3) is 0 Å². The van der Waals surface area contributed by atoms with Gasteiger partial charge in [-0.3, -0.25) is 9.20 Å². The Morgan fingerprint density at radius 1 is 1.15 bits per heavy atom. The van der Waals surface area contributed by atoms with Crippen LogP contribution in [0, 0.1) is 0 Å². The summed E-state index contributed by atoms with van der Waals surface area (Å²) in [6, 6.07) is 17.5. The highest BCUT2D eigenvalue weighted by Gasteiger charge is 2.16. The van der Waals surface area contributed by atoms with Gasteiger partial charge in [0.15, 0.2) is 4.96 Å². The third-order valence-electron chi connectivity index (χ3n) is 4.52. The average molecular weight is 377 g/mol. The van der Waals surface area contributed by atoms with Crippen molar-refractivity contribution in [1.82, 2.24) is 9.38 Å². The summed E-state index contributed by atoms with van der Waals surface area (Å²) in [4.78, 5) is 19.9. The molecule has 0 atom stereocenters. The summed E-state index contributed by atoms with van der Waals surface area (Å²) in [7, 11) is 3.45. The van der Waals surface area contributed by atoms with E-state index in [4.69, 9.17) is 4.74 Å². The molecule has 0 N–H and O–H groups in total. The number of thiazole rings is 1. The molecule has 5 nitrogen and oxygen atoms in total. The van der Waals surface area contributed by atoms with Gasteiger partial charge in [0.2, 0.25) is 5.91 Å². The molecule has 0 radical (unpaired) electrons. The van der Waals surface area contributed by atoms with Gasteiger partial charge in [-0.25, -0.2) is 4.98 Å². The molecule has 0 bridgehead atoms. The zero-order valence-corrected chi connectivity index (χ0v) is 15.9. The molecule has 2 heterocycles. The lowest BCUT2D eigenvalue weighted by Crippen LogP contribution is -2.28. The van der Waals surface area contributed by atoms with Crippen molar-refractivity contribution < 1.29 is 9.53 Å². The Labute approximate surface area is 161 Å². The van der Waals surface area contributed by atoms with E-state index in [0.29, 0.717) is 6.42 Å². The fourth-order valence-electron chi connectivity index (χ4n) is 2.93. The van der Waals surface area contributed by atoms with Crippen molar-refractivity contribution in [2.24, 2.45) is 0 Å². The highest BCUT2D eigenvalue weighted by atomic mass is 32.1. The number of amides is 1. The predicted octanol–water partition coefficient (Wildman–Crippen LogP) is 4.28. The zero-order chi connectivity index (χ0) is 18.8. The van der Waals surface area contributed by atoms with E-state index < -0.39 is 0 Å². The molecule has 0 aliphatic heterocycles. The Balaban J connectivity index is 1.57. The number of fused-ring (bicyclic) bond motifs is 1. The van der Waals surface area contributed by atoms with Gasteiger partial charge < -0.3 is 9.64 Å². The smallest absolute Gasteiger partial charge is 0.232 e. The minimum Gasteiger partial charge on any atom is -0.497 e. The molecule has 0 saturated carbocycles. The molecule has 4 rings (SSSR count). The maximum atomic E-state index is 12.7. The molecule has 27 heavy (non-hydrogen) atoms. The Kier molecular flexibility index (Phi) is 4.64. The van der Waals surface area contributed by atoms with Crippen molar-refractivity contribution in [1.29, 1.82) is 0 Å². The average Bonchev–Trinajstić information content (AvgIpc) is 3.30. The van der Waals surface area contributed by atoms with Crippen LogP contribution in [0.5, 0.6) is 5.75 Å². The second kappa shape index (κ2) is 7.25. The SMILES string of the molecule is COc1ccc(-c2cn3c(CC(=O)N(C)c4ccccc4)csc3n2)cc1. The van der Waals surface area contributed by atoms with Crippen molar-refractivity contribution in [3.05, 3.63) is 71.9 Å². The summed E-state index contributed by atoms with van der Waals surface area (Å²) in [6.45, 7) is 0. The van der Waals surface area contributed by atoms with Crippen LogP contribution in [-0.2, 0) is 11.2 Å². The number of nitrogens with zero attached hydrogens (tertiary/aromatic N) is 3. The first-order valence-corrected chi connectivity index (χ1v) is 9.45.